The van der Waals surface area contributed by atoms with Gasteiger partial charge in [0.25, 0.3) is 16.6 Å². The molecule has 362 valence electrons. The fraction of sp³-hybridized carbons (Fsp3) is 0.508. The first-order valence-electron chi connectivity index (χ1n) is 25.5. The Morgan fingerprint density at radius 1 is 0.687 bits per heavy atom. The molecule has 67 heavy (non-hydrogen) atoms. The van der Waals surface area contributed by atoms with Gasteiger partial charge in [0, 0.05) is 18.9 Å². The second-order valence-electron chi connectivity index (χ2n) is 21.3. The van der Waals surface area contributed by atoms with E-state index in [1.807, 2.05) is 0 Å². The highest BCUT2D eigenvalue weighted by Crippen LogP contribution is 2.47. The molecule has 2 fully saturated rings. The number of benzene rings is 4. The predicted molar refractivity (Wildman–Crippen MR) is 283 cm³/mol. The number of carbonyl (C=O) groups excluding carboxylic acids is 1. The molecule has 0 spiro atoms. The zero-order chi connectivity index (χ0) is 48.0. The third kappa shape index (κ3) is 12.9. The topological polar surface area (TPSA) is 63.2 Å². The van der Waals surface area contributed by atoms with Crippen LogP contribution in [0, 0.1) is 11.8 Å². The summed E-state index contributed by atoms with van der Waals surface area (Å²) in [5, 5.41) is 4.76. The predicted octanol–water partition coefficient (Wildman–Crippen LogP) is 12.2. The van der Waals surface area contributed by atoms with E-state index in [9.17, 15) is 4.79 Å². The molecular formula is C59H82O6Si2. The van der Waals surface area contributed by atoms with Crippen LogP contribution in [0.25, 0.3) is 0 Å². The van der Waals surface area contributed by atoms with Crippen molar-refractivity contribution in [2.24, 2.45) is 11.8 Å². The van der Waals surface area contributed by atoms with Crippen molar-refractivity contribution in [3.05, 3.63) is 146 Å². The summed E-state index contributed by atoms with van der Waals surface area (Å²) in [6.07, 6.45) is 19.8. The van der Waals surface area contributed by atoms with Crippen LogP contribution in [-0.2, 0) is 27.9 Å². The van der Waals surface area contributed by atoms with Gasteiger partial charge in [-0.2, -0.15) is 0 Å². The van der Waals surface area contributed by atoms with E-state index in [2.05, 4.69) is 201 Å². The number of rotatable bonds is 22. The molecule has 6 atom stereocenters. The summed E-state index contributed by atoms with van der Waals surface area (Å²) in [5.41, 5.74) is -0.586. The first-order valence-corrected chi connectivity index (χ1v) is 29.3. The second kappa shape index (κ2) is 24.1. The van der Waals surface area contributed by atoms with Gasteiger partial charge in [0.1, 0.15) is 0 Å². The Balaban J connectivity index is 1.50. The smallest absolute Gasteiger partial charge is 0.305 e. The van der Waals surface area contributed by atoms with Crippen LogP contribution in [0.1, 0.15) is 132 Å². The molecule has 6 rings (SSSR count). The van der Waals surface area contributed by atoms with Crippen molar-refractivity contribution >= 4 is 43.4 Å². The van der Waals surface area contributed by atoms with E-state index in [-0.39, 0.29) is 46.4 Å². The monoisotopic (exact) mass is 943 g/mol. The molecule has 1 heterocycles. The summed E-state index contributed by atoms with van der Waals surface area (Å²) in [7, 11) is -4.44. The van der Waals surface area contributed by atoms with Crippen molar-refractivity contribution in [2.75, 3.05) is 13.7 Å². The number of ether oxygens (including phenoxy) is 3. The average Bonchev–Trinajstić information content (AvgIpc) is 3.65. The number of unbranched alkanes of at least 4 members (excludes halogenated alkanes) is 3. The summed E-state index contributed by atoms with van der Waals surface area (Å²) in [5.74, 6) is -0.0572. The van der Waals surface area contributed by atoms with Crippen molar-refractivity contribution in [2.45, 2.75) is 167 Å². The molecule has 0 aromatic heterocycles. The summed E-state index contributed by atoms with van der Waals surface area (Å²) < 4.78 is 34.8. The van der Waals surface area contributed by atoms with Gasteiger partial charge in [-0.1, -0.05) is 213 Å². The van der Waals surface area contributed by atoms with Gasteiger partial charge < -0.3 is 23.1 Å². The molecule has 8 heteroatoms. The van der Waals surface area contributed by atoms with E-state index in [1.165, 1.54) is 27.9 Å². The van der Waals surface area contributed by atoms with Gasteiger partial charge in [0.2, 0.25) is 0 Å². The third-order valence-corrected chi connectivity index (χ3v) is 24.6. The van der Waals surface area contributed by atoms with Crippen LogP contribution in [0.5, 0.6) is 0 Å². The Hall–Kier alpha value is -3.90. The minimum Gasteiger partial charge on any atom is -0.469 e. The van der Waals surface area contributed by atoms with Crippen LogP contribution < -0.4 is 20.7 Å². The van der Waals surface area contributed by atoms with Crippen molar-refractivity contribution in [1.29, 1.82) is 0 Å². The van der Waals surface area contributed by atoms with Crippen molar-refractivity contribution in [3.63, 3.8) is 0 Å². The SMILES string of the molecule is CCCCCC(C)(/C=C/[C@@H]1[C@@H](C/C=C\CCCC(=O)OC)[C@@H](O[Si](c2ccccc2)(c2ccccc2)C(C)(C)C)C[C@H]1OC1CCCCO1)O[Si](c1ccccc1)(c1ccccc1)C(C)(C)C. The van der Waals surface area contributed by atoms with Gasteiger partial charge >= 0.3 is 5.97 Å². The lowest BCUT2D eigenvalue weighted by molar-refractivity contribution is -0.193. The maximum Gasteiger partial charge on any atom is 0.305 e. The van der Waals surface area contributed by atoms with Crippen molar-refractivity contribution in [1.82, 2.24) is 0 Å². The molecule has 4 aromatic rings. The summed E-state index contributed by atoms with van der Waals surface area (Å²) in [6.45, 7) is 19.6. The first-order chi connectivity index (χ1) is 32.2. The molecule has 1 saturated heterocycles. The minimum atomic E-state index is -2.96. The zero-order valence-corrected chi connectivity index (χ0v) is 44.4. The molecule has 1 aliphatic heterocycles. The molecule has 0 amide bonds. The molecule has 2 unspecified atom stereocenters. The highest BCUT2D eigenvalue weighted by molar-refractivity contribution is 7.00. The molecule has 6 nitrogen and oxygen atoms in total. The van der Waals surface area contributed by atoms with Gasteiger partial charge in [0.15, 0.2) is 6.29 Å². The lowest BCUT2D eigenvalue weighted by Crippen LogP contribution is -2.69. The highest BCUT2D eigenvalue weighted by atomic mass is 28.4. The van der Waals surface area contributed by atoms with Gasteiger partial charge in [-0.15, -0.1) is 0 Å². The van der Waals surface area contributed by atoms with Crippen LogP contribution in [0.2, 0.25) is 10.1 Å². The molecular weight excluding hydrogens is 861 g/mol. The molecule has 4 aromatic carbocycles. The van der Waals surface area contributed by atoms with E-state index in [1.54, 1.807) is 0 Å². The van der Waals surface area contributed by atoms with Crippen LogP contribution >= 0.6 is 0 Å². The Morgan fingerprint density at radius 2 is 1.22 bits per heavy atom. The lowest BCUT2D eigenvalue weighted by atomic mass is 9.87. The Morgan fingerprint density at radius 3 is 1.70 bits per heavy atom. The lowest BCUT2D eigenvalue weighted by Gasteiger charge is -2.48. The van der Waals surface area contributed by atoms with Gasteiger partial charge in [0.05, 0.1) is 24.9 Å². The Bertz CT molecular complexity index is 2050. The van der Waals surface area contributed by atoms with E-state index in [4.69, 9.17) is 23.1 Å². The average molecular weight is 943 g/mol. The minimum absolute atomic E-state index is 0.0155. The number of carbonyl (C=O) groups is 1. The first kappa shape index (κ1) is 52.5. The molecule has 1 aliphatic carbocycles. The van der Waals surface area contributed by atoms with Gasteiger partial charge in [-0.3, -0.25) is 4.79 Å². The summed E-state index contributed by atoms with van der Waals surface area (Å²) in [4.78, 5) is 12.0. The maximum atomic E-state index is 12.0. The van der Waals surface area contributed by atoms with E-state index in [0.717, 1.165) is 77.2 Å². The fourth-order valence-electron chi connectivity index (χ4n) is 10.9. The number of hydrogen-bond acceptors (Lipinski definition) is 6. The van der Waals surface area contributed by atoms with E-state index >= 15 is 0 Å². The van der Waals surface area contributed by atoms with Crippen LogP contribution in [0.4, 0.5) is 0 Å². The van der Waals surface area contributed by atoms with Gasteiger partial charge in [-0.25, -0.2) is 0 Å². The largest absolute Gasteiger partial charge is 0.469 e. The second-order valence-corrected chi connectivity index (χ2v) is 29.8. The molecule has 0 N–H and O–H groups in total. The van der Waals surface area contributed by atoms with Crippen molar-refractivity contribution < 1.29 is 27.9 Å². The van der Waals surface area contributed by atoms with E-state index in [0.29, 0.717) is 6.42 Å². The maximum absolute atomic E-state index is 12.0. The molecule has 0 radical (unpaired) electrons. The zero-order valence-electron chi connectivity index (χ0n) is 42.4. The van der Waals surface area contributed by atoms with Crippen LogP contribution in [0.15, 0.2) is 146 Å². The number of methoxy groups -OCH3 is 1. The number of allylic oxidation sites excluding steroid dienone is 2. The number of hydrogen-bond donors (Lipinski definition) is 0. The van der Waals surface area contributed by atoms with E-state index < -0.39 is 22.2 Å². The molecule has 2 aliphatic rings. The highest BCUT2D eigenvalue weighted by Gasteiger charge is 2.56. The van der Waals surface area contributed by atoms with Crippen LogP contribution in [-0.4, -0.2) is 60.4 Å². The quantitative estimate of drug-likeness (QED) is 0.0339. The Labute approximate surface area is 407 Å². The standard InChI is InChI=1S/C59H82O6Si2/c1-10-11-29-43-59(8,65-67(58(5,6)7,49-35-22-16-23-36-49)50-37-24-17-25-38-50)44-42-52-51(39-26-12-13-27-40-55(60)61-9)54(46-53(52)63-56-41-28-30-45-62-56)64-66(57(2,3)4,47-31-18-14-19-32-47)48-33-20-15-21-34-48/h12,14-26,31-38,42,44,51-54,56H,10-11,13,27-30,39-41,43,45-46H2,1-9H3/b26-12-,44-42+/t51-,52-,53-,54+,56?,59?/m1/s1. The molecule has 1 saturated carbocycles. The van der Waals surface area contributed by atoms with Crippen LogP contribution in [0.3, 0.4) is 0 Å². The summed E-state index contributed by atoms with van der Waals surface area (Å²) in [6, 6.07) is 44.2. The molecule has 0 bridgehead atoms. The summed E-state index contributed by atoms with van der Waals surface area (Å²) >= 11 is 0. The van der Waals surface area contributed by atoms with Gasteiger partial charge in [-0.05, 0) is 95.0 Å². The fourth-order valence-corrected chi connectivity index (χ4v) is 20.5. The number of esters is 1. The normalized spacial score (nSPS) is 21.7. The Kier molecular flexibility index (Phi) is 18.9. The third-order valence-electron chi connectivity index (χ3n) is 14.4. The van der Waals surface area contributed by atoms with Crippen molar-refractivity contribution in [3.8, 4) is 0 Å².